The number of aryl methyl sites for hydroxylation is 2. The Labute approximate surface area is 170 Å². The highest BCUT2D eigenvalue weighted by molar-refractivity contribution is 7.89. The van der Waals surface area contributed by atoms with E-state index in [1.54, 1.807) is 0 Å². The topological polar surface area (TPSA) is 102 Å². The van der Waals surface area contributed by atoms with Gasteiger partial charge in [0.1, 0.15) is 0 Å². The van der Waals surface area contributed by atoms with Gasteiger partial charge >= 0.3 is 5.97 Å². The number of ether oxygens (including phenoxy) is 1. The molecule has 0 fully saturated rings. The summed E-state index contributed by atoms with van der Waals surface area (Å²) in [6, 6.07) is 11.1. The molecule has 154 valence electrons. The zero-order valence-electron chi connectivity index (χ0n) is 16.4. The van der Waals surface area contributed by atoms with Gasteiger partial charge in [0.15, 0.2) is 6.61 Å². The van der Waals surface area contributed by atoms with Crippen LogP contribution in [0.25, 0.3) is 0 Å². The number of sulfonamides is 1. The molecule has 0 heterocycles. The molecular weight excluding hydrogens is 392 g/mol. The van der Waals surface area contributed by atoms with Crippen molar-refractivity contribution in [1.82, 2.24) is 4.72 Å². The number of para-hydroxylation sites is 1. The molecule has 0 aliphatic carbocycles. The van der Waals surface area contributed by atoms with Crippen LogP contribution < -0.4 is 10.0 Å². The van der Waals surface area contributed by atoms with Crippen molar-refractivity contribution in [2.45, 2.75) is 25.2 Å². The van der Waals surface area contributed by atoms with E-state index in [0.29, 0.717) is 5.69 Å². The molecule has 0 aromatic heterocycles. The van der Waals surface area contributed by atoms with E-state index in [2.05, 4.69) is 16.6 Å². The van der Waals surface area contributed by atoms with Gasteiger partial charge in [-0.1, -0.05) is 37.3 Å². The summed E-state index contributed by atoms with van der Waals surface area (Å²) in [6.07, 6.45) is 2.16. The van der Waals surface area contributed by atoms with Crippen LogP contribution >= 0.6 is 0 Å². The van der Waals surface area contributed by atoms with Crippen molar-refractivity contribution < 1.29 is 22.7 Å². The standard InChI is InChI=1S/C21H24N2O5S/c1-4-12-22-29(26,27)18-11-7-10-17(13-18)21(25)28-14-19(24)23-20-15(3)8-6-9-16(20)5-2/h4,6-11,13,22H,1,5,12,14H2,2-3H3,(H,23,24). The monoisotopic (exact) mass is 416 g/mol. The first-order valence-electron chi connectivity index (χ1n) is 9.04. The lowest BCUT2D eigenvalue weighted by molar-refractivity contribution is -0.119. The van der Waals surface area contributed by atoms with Crippen LogP contribution in [0.5, 0.6) is 0 Å². The van der Waals surface area contributed by atoms with E-state index in [-0.39, 0.29) is 17.0 Å². The van der Waals surface area contributed by atoms with Gasteiger partial charge in [0, 0.05) is 12.2 Å². The smallest absolute Gasteiger partial charge is 0.338 e. The normalized spacial score (nSPS) is 11.0. The maximum Gasteiger partial charge on any atom is 0.338 e. The minimum atomic E-state index is -3.77. The molecule has 2 aromatic rings. The zero-order valence-corrected chi connectivity index (χ0v) is 17.2. The van der Waals surface area contributed by atoms with E-state index < -0.39 is 28.5 Å². The number of nitrogens with one attached hydrogen (secondary N) is 2. The molecule has 1 amide bonds. The Hall–Kier alpha value is -2.97. The number of hydrogen-bond acceptors (Lipinski definition) is 5. The highest BCUT2D eigenvalue weighted by atomic mass is 32.2. The summed E-state index contributed by atoms with van der Waals surface area (Å²) in [5.74, 6) is -1.26. The first-order valence-corrected chi connectivity index (χ1v) is 10.5. The van der Waals surface area contributed by atoms with Gasteiger partial charge in [-0.15, -0.1) is 6.58 Å². The summed E-state index contributed by atoms with van der Waals surface area (Å²) in [7, 11) is -3.77. The first-order chi connectivity index (χ1) is 13.8. The fraction of sp³-hybridized carbons (Fsp3) is 0.238. The Balaban J connectivity index is 2.04. The van der Waals surface area contributed by atoms with Gasteiger partial charge < -0.3 is 10.1 Å². The maximum atomic E-state index is 12.3. The van der Waals surface area contributed by atoms with Gasteiger partial charge in [-0.25, -0.2) is 17.9 Å². The summed E-state index contributed by atoms with van der Waals surface area (Å²) in [6.45, 7) is 6.90. The van der Waals surface area contributed by atoms with Crippen LogP contribution in [0.3, 0.4) is 0 Å². The van der Waals surface area contributed by atoms with E-state index in [0.717, 1.165) is 17.5 Å². The van der Waals surface area contributed by atoms with E-state index in [4.69, 9.17) is 4.74 Å². The molecule has 0 saturated heterocycles. The van der Waals surface area contributed by atoms with Crippen LogP contribution in [-0.4, -0.2) is 33.4 Å². The number of anilines is 1. The van der Waals surface area contributed by atoms with Crippen molar-refractivity contribution in [2.24, 2.45) is 0 Å². The zero-order chi connectivity index (χ0) is 21.4. The molecule has 2 rings (SSSR count). The highest BCUT2D eigenvalue weighted by Gasteiger charge is 2.17. The van der Waals surface area contributed by atoms with Gasteiger partial charge in [0.2, 0.25) is 10.0 Å². The van der Waals surface area contributed by atoms with Gasteiger partial charge in [-0.05, 0) is 42.7 Å². The van der Waals surface area contributed by atoms with Crippen molar-refractivity contribution >= 4 is 27.6 Å². The number of amides is 1. The van der Waals surface area contributed by atoms with Crippen molar-refractivity contribution in [2.75, 3.05) is 18.5 Å². The Morgan fingerprint density at radius 1 is 1.17 bits per heavy atom. The summed E-state index contributed by atoms with van der Waals surface area (Å²) in [5.41, 5.74) is 2.63. The molecule has 2 N–H and O–H groups in total. The maximum absolute atomic E-state index is 12.3. The highest BCUT2D eigenvalue weighted by Crippen LogP contribution is 2.21. The second kappa shape index (κ2) is 9.99. The fourth-order valence-electron chi connectivity index (χ4n) is 2.63. The summed E-state index contributed by atoms with van der Waals surface area (Å²) >= 11 is 0. The molecule has 0 bridgehead atoms. The van der Waals surface area contributed by atoms with Crippen LogP contribution in [0.15, 0.2) is 60.0 Å². The Bertz CT molecular complexity index is 1020. The average molecular weight is 416 g/mol. The molecule has 0 unspecified atom stereocenters. The molecule has 29 heavy (non-hydrogen) atoms. The predicted octanol–water partition coefficient (Wildman–Crippen LogP) is 2.82. The van der Waals surface area contributed by atoms with Gasteiger partial charge in [0.05, 0.1) is 10.5 Å². The van der Waals surface area contributed by atoms with Crippen LogP contribution in [0.2, 0.25) is 0 Å². The second-order valence-electron chi connectivity index (χ2n) is 6.26. The molecule has 0 aliphatic rings. The molecule has 8 heteroatoms. The Morgan fingerprint density at radius 3 is 2.59 bits per heavy atom. The van der Waals surface area contributed by atoms with Crippen LogP contribution in [0, 0.1) is 6.92 Å². The first kappa shape index (κ1) is 22.3. The number of carbonyl (C=O) groups is 2. The number of carbonyl (C=O) groups excluding carboxylic acids is 2. The number of rotatable bonds is 9. The minimum absolute atomic E-state index is 0.0319. The van der Waals surface area contributed by atoms with Crippen molar-refractivity contribution in [3.63, 3.8) is 0 Å². The molecule has 0 aliphatic heterocycles. The number of esters is 1. The van der Waals surface area contributed by atoms with Crippen molar-refractivity contribution in [3.05, 3.63) is 71.8 Å². The summed E-state index contributed by atoms with van der Waals surface area (Å²) < 4.78 is 31.7. The molecule has 0 spiro atoms. The third kappa shape index (κ3) is 6.00. The van der Waals surface area contributed by atoms with Gasteiger partial charge in [-0.2, -0.15) is 0 Å². The van der Waals surface area contributed by atoms with E-state index >= 15 is 0 Å². The quantitative estimate of drug-likeness (QED) is 0.483. The van der Waals surface area contributed by atoms with Crippen LogP contribution in [0.1, 0.15) is 28.4 Å². The van der Waals surface area contributed by atoms with Crippen LogP contribution in [0.4, 0.5) is 5.69 Å². The molecule has 0 saturated carbocycles. The van der Waals surface area contributed by atoms with Crippen molar-refractivity contribution in [1.29, 1.82) is 0 Å². The lowest BCUT2D eigenvalue weighted by Crippen LogP contribution is -2.24. The average Bonchev–Trinajstić information content (AvgIpc) is 2.72. The van der Waals surface area contributed by atoms with Gasteiger partial charge in [-0.3, -0.25) is 4.79 Å². The summed E-state index contributed by atoms with van der Waals surface area (Å²) in [5, 5.41) is 2.76. The Kier molecular flexibility index (Phi) is 7.69. The third-order valence-corrected chi connectivity index (χ3v) is 5.56. The lowest BCUT2D eigenvalue weighted by atomic mass is 10.1. The molecule has 7 nitrogen and oxygen atoms in total. The second-order valence-corrected chi connectivity index (χ2v) is 8.02. The lowest BCUT2D eigenvalue weighted by Gasteiger charge is -2.13. The molecular formula is C21H24N2O5S. The van der Waals surface area contributed by atoms with E-state index in [1.165, 1.54) is 30.3 Å². The molecule has 0 atom stereocenters. The fourth-order valence-corrected chi connectivity index (χ4v) is 3.68. The Morgan fingerprint density at radius 2 is 1.90 bits per heavy atom. The van der Waals surface area contributed by atoms with E-state index in [1.807, 2.05) is 32.0 Å². The SMILES string of the molecule is C=CCNS(=O)(=O)c1cccc(C(=O)OCC(=O)Nc2c(C)cccc2CC)c1. The van der Waals surface area contributed by atoms with Crippen LogP contribution in [-0.2, 0) is 26.0 Å². The van der Waals surface area contributed by atoms with Gasteiger partial charge in [0.25, 0.3) is 5.91 Å². The minimum Gasteiger partial charge on any atom is -0.452 e. The predicted molar refractivity (Wildman–Crippen MR) is 111 cm³/mol. The number of benzene rings is 2. The molecule has 2 aromatic carbocycles. The van der Waals surface area contributed by atoms with Crippen molar-refractivity contribution in [3.8, 4) is 0 Å². The largest absolute Gasteiger partial charge is 0.452 e. The van der Waals surface area contributed by atoms with E-state index in [9.17, 15) is 18.0 Å². The third-order valence-electron chi connectivity index (χ3n) is 4.14. The summed E-state index contributed by atoms with van der Waals surface area (Å²) in [4.78, 5) is 24.4. The number of hydrogen-bond donors (Lipinski definition) is 2. The molecule has 0 radical (unpaired) electrons.